The molecule has 1 N–H and O–H groups in total. The lowest BCUT2D eigenvalue weighted by Crippen LogP contribution is -2.46. The second kappa shape index (κ2) is 3.31. The normalized spacial score (nSPS) is 27.4. The first-order valence-corrected chi connectivity index (χ1v) is 5.64. The van der Waals surface area contributed by atoms with Crippen LogP contribution in [0.3, 0.4) is 0 Å². The predicted octanol–water partition coefficient (Wildman–Crippen LogP) is 1.30. The van der Waals surface area contributed by atoms with Gasteiger partial charge in [0.1, 0.15) is 11.7 Å². The Labute approximate surface area is 97.8 Å². The highest BCUT2D eigenvalue weighted by Gasteiger charge is 2.42. The molecule has 1 fully saturated rings. The van der Waals surface area contributed by atoms with Crippen molar-refractivity contribution in [1.82, 2.24) is 9.97 Å². The number of aromatic nitrogens is 2. The maximum Gasteiger partial charge on any atom is 0.247 e. The van der Waals surface area contributed by atoms with E-state index in [1.165, 1.54) is 0 Å². The number of halogens is 1. The van der Waals surface area contributed by atoms with Gasteiger partial charge in [-0.1, -0.05) is 6.92 Å². The number of carbonyl (C=O) groups excluding carboxylic acids is 1. The predicted molar refractivity (Wildman–Crippen MR) is 60.6 cm³/mol. The van der Waals surface area contributed by atoms with Gasteiger partial charge in [0.2, 0.25) is 11.2 Å². The maximum absolute atomic E-state index is 11.9. The van der Waals surface area contributed by atoms with E-state index in [9.17, 15) is 4.79 Å². The molecule has 0 aliphatic carbocycles. The van der Waals surface area contributed by atoms with Gasteiger partial charge in [0.05, 0.1) is 6.20 Å². The van der Waals surface area contributed by atoms with Crippen molar-refractivity contribution in [3.8, 4) is 0 Å². The number of anilines is 2. The molecule has 84 valence electrons. The standard InChI is InChI=1S/C10H11ClN4O/c1-5-2-3-15-7(5)9(16)13-6-4-12-10(11)14-8(6)15/h4-5,7H,2-3H2,1H3,(H,13,16). The van der Waals surface area contributed by atoms with E-state index in [4.69, 9.17) is 11.6 Å². The molecule has 6 heteroatoms. The summed E-state index contributed by atoms with van der Waals surface area (Å²) in [6.07, 6.45) is 2.56. The van der Waals surface area contributed by atoms with Gasteiger partial charge in [-0.15, -0.1) is 0 Å². The Kier molecular flexibility index (Phi) is 2.04. The largest absolute Gasteiger partial charge is 0.342 e. The van der Waals surface area contributed by atoms with E-state index in [0.29, 0.717) is 11.6 Å². The fourth-order valence-corrected chi connectivity index (χ4v) is 2.58. The number of rotatable bonds is 0. The van der Waals surface area contributed by atoms with Gasteiger partial charge in [-0.3, -0.25) is 4.79 Å². The van der Waals surface area contributed by atoms with Gasteiger partial charge in [0.25, 0.3) is 0 Å². The van der Waals surface area contributed by atoms with Crippen LogP contribution in [-0.4, -0.2) is 28.5 Å². The SMILES string of the molecule is CC1CCN2c3nc(Cl)ncc3NC(=O)C12. The molecule has 2 unspecified atom stereocenters. The van der Waals surface area contributed by atoms with Crippen LogP contribution in [-0.2, 0) is 4.79 Å². The summed E-state index contributed by atoms with van der Waals surface area (Å²) in [6, 6.07) is -0.113. The molecule has 2 aliphatic heterocycles. The molecular formula is C10H11ClN4O. The zero-order valence-electron chi connectivity index (χ0n) is 8.77. The van der Waals surface area contributed by atoms with E-state index in [-0.39, 0.29) is 17.2 Å². The lowest BCUT2D eigenvalue weighted by molar-refractivity contribution is -0.118. The van der Waals surface area contributed by atoms with Crippen molar-refractivity contribution in [2.24, 2.45) is 5.92 Å². The lowest BCUT2D eigenvalue weighted by Gasteiger charge is -2.32. The first-order chi connectivity index (χ1) is 7.66. The van der Waals surface area contributed by atoms with E-state index in [0.717, 1.165) is 18.8 Å². The van der Waals surface area contributed by atoms with Gasteiger partial charge in [0.15, 0.2) is 5.82 Å². The molecule has 3 rings (SSSR count). The number of fused-ring (bicyclic) bond motifs is 3. The highest BCUT2D eigenvalue weighted by molar-refractivity contribution is 6.28. The van der Waals surface area contributed by atoms with Crippen LogP contribution in [0.2, 0.25) is 5.28 Å². The number of hydrogen-bond donors (Lipinski definition) is 1. The Hall–Kier alpha value is -1.36. The third-order valence-corrected chi connectivity index (χ3v) is 3.42. The summed E-state index contributed by atoms with van der Waals surface area (Å²) in [5.41, 5.74) is 0.653. The minimum atomic E-state index is -0.113. The fraction of sp³-hybridized carbons (Fsp3) is 0.500. The zero-order valence-corrected chi connectivity index (χ0v) is 9.53. The molecule has 0 saturated carbocycles. The minimum Gasteiger partial charge on any atom is -0.342 e. The Morgan fingerprint density at radius 2 is 2.44 bits per heavy atom. The first-order valence-electron chi connectivity index (χ1n) is 5.27. The van der Waals surface area contributed by atoms with E-state index in [1.807, 2.05) is 4.90 Å². The monoisotopic (exact) mass is 238 g/mol. The topological polar surface area (TPSA) is 58.1 Å². The molecule has 2 atom stereocenters. The van der Waals surface area contributed by atoms with Crippen molar-refractivity contribution < 1.29 is 4.79 Å². The summed E-state index contributed by atoms with van der Waals surface area (Å²) >= 11 is 5.78. The van der Waals surface area contributed by atoms with Crippen molar-refractivity contribution in [3.05, 3.63) is 11.5 Å². The molecule has 1 saturated heterocycles. The van der Waals surface area contributed by atoms with Crippen molar-refractivity contribution in [3.63, 3.8) is 0 Å². The molecular weight excluding hydrogens is 228 g/mol. The maximum atomic E-state index is 11.9. The summed E-state index contributed by atoms with van der Waals surface area (Å²) in [5.74, 6) is 1.12. The Balaban J connectivity index is 2.11. The van der Waals surface area contributed by atoms with E-state index >= 15 is 0 Å². The van der Waals surface area contributed by atoms with Gasteiger partial charge < -0.3 is 10.2 Å². The van der Waals surface area contributed by atoms with Crippen LogP contribution in [0.15, 0.2) is 6.20 Å². The van der Waals surface area contributed by atoms with Crippen LogP contribution >= 0.6 is 11.6 Å². The molecule has 0 aromatic carbocycles. The number of nitrogens with zero attached hydrogens (tertiary/aromatic N) is 3. The van der Waals surface area contributed by atoms with Crippen LogP contribution in [0.25, 0.3) is 0 Å². The average molecular weight is 239 g/mol. The highest BCUT2D eigenvalue weighted by Crippen LogP contribution is 2.37. The van der Waals surface area contributed by atoms with Crippen molar-refractivity contribution in [2.75, 3.05) is 16.8 Å². The molecule has 0 spiro atoms. The van der Waals surface area contributed by atoms with Crippen LogP contribution in [0, 0.1) is 5.92 Å². The van der Waals surface area contributed by atoms with Crippen molar-refractivity contribution in [2.45, 2.75) is 19.4 Å². The second-order valence-corrected chi connectivity index (χ2v) is 4.61. The molecule has 3 heterocycles. The Morgan fingerprint density at radius 3 is 3.25 bits per heavy atom. The van der Waals surface area contributed by atoms with E-state index in [2.05, 4.69) is 22.2 Å². The summed E-state index contributed by atoms with van der Waals surface area (Å²) < 4.78 is 0. The second-order valence-electron chi connectivity index (χ2n) is 4.27. The van der Waals surface area contributed by atoms with E-state index < -0.39 is 0 Å². The summed E-state index contributed by atoms with van der Waals surface area (Å²) in [7, 11) is 0. The van der Waals surface area contributed by atoms with Gasteiger partial charge in [-0.05, 0) is 23.9 Å². The van der Waals surface area contributed by atoms with Crippen LogP contribution in [0.5, 0.6) is 0 Å². The smallest absolute Gasteiger partial charge is 0.247 e. The number of nitrogens with one attached hydrogen (secondary N) is 1. The molecule has 1 aromatic heterocycles. The van der Waals surface area contributed by atoms with Crippen molar-refractivity contribution >= 4 is 29.0 Å². The van der Waals surface area contributed by atoms with Gasteiger partial charge in [0, 0.05) is 6.54 Å². The molecule has 16 heavy (non-hydrogen) atoms. The average Bonchev–Trinajstić information content (AvgIpc) is 2.63. The van der Waals surface area contributed by atoms with Crippen LogP contribution in [0.4, 0.5) is 11.5 Å². The van der Waals surface area contributed by atoms with Gasteiger partial charge in [-0.2, -0.15) is 4.98 Å². The zero-order chi connectivity index (χ0) is 11.3. The van der Waals surface area contributed by atoms with E-state index in [1.54, 1.807) is 6.20 Å². The molecule has 0 bridgehead atoms. The van der Waals surface area contributed by atoms with Crippen LogP contribution in [0.1, 0.15) is 13.3 Å². The van der Waals surface area contributed by atoms with Gasteiger partial charge in [-0.25, -0.2) is 4.98 Å². The first kappa shape index (κ1) is 9.84. The summed E-state index contributed by atoms with van der Waals surface area (Å²) in [5, 5.41) is 3.04. The number of carbonyl (C=O) groups is 1. The highest BCUT2D eigenvalue weighted by atomic mass is 35.5. The van der Waals surface area contributed by atoms with Gasteiger partial charge >= 0.3 is 0 Å². The summed E-state index contributed by atoms with van der Waals surface area (Å²) in [6.45, 7) is 2.93. The fourth-order valence-electron chi connectivity index (χ4n) is 2.45. The Bertz CT molecular complexity index is 464. The molecule has 1 amide bonds. The third-order valence-electron chi connectivity index (χ3n) is 3.24. The third kappa shape index (κ3) is 1.28. The lowest BCUT2D eigenvalue weighted by atomic mass is 10.0. The number of amides is 1. The minimum absolute atomic E-state index is 0.0309. The molecule has 1 aromatic rings. The summed E-state index contributed by atoms with van der Waals surface area (Å²) in [4.78, 5) is 22.0. The quantitative estimate of drug-likeness (QED) is 0.692. The Morgan fingerprint density at radius 1 is 1.62 bits per heavy atom. The van der Waals surface area contributed by atoms with Crippen LogP contribution < -0.4 is 10.2 Å². The molecule has 5 nitrogen and oxygen atoms in total. The number of hydrogen-bond acceptors (Lipinski definition) is 4. The molecule has 2 aliphatic rings. The van der Waals surface area contributed by atoms with Crippen molar-refractivity contribution in [1.29, 1.82) is 0 Å². The molecule has 0 radical (unpaired) electrons.